The molecule has 3 N–H and O–H groups in total. The second-order valence-corrected chi connectivity index (χ2v) is 20.2. The van der Waals surface area contributed by atoms with Gasteiger partial charge in [-0.25, -0.2) is 4.79 Å². The molecule has 384 valence electrons. The zero-order valence-electron chi connectivity index (χ0n) is 42.4. The Morgan fingerprint density at radius 2 is 1.59 bits per heavy atom. The summed E-state index contributed by atoms with van der Waals surface area (Å²) in [6.45, 7) is 12.9. The fourth-order valence-electron chi connectivity index (χ4n) is 10.5. The minimum atomic E-state index is -2.43. The van der Waals surface area contributed by atoms with Crippen molar-refractivity contribution in [3.8, 4) is 0 Å². The van der Waals surface area contributed by atoms with Crippen LogP contribution >= 0.6 is 0 Å². The van der Waals surface area contributed by atoms with E-state index in [1.165, 1.54) is 12.0 Å². The number of allylic oxidation sites excluding steroid dienone is 6. The Kier molecular flexibility index (Phi) is 22.9. The van der Waals surface area contributed by atoms with Gasteiger partial charge in [-0.3, -0.25) is 19.2 Å². The van der Waals surface area contributed by atoms with Crippen LogP contribution in [-0.2, 0) is 52.4 Å². The van der Waals surface area contributed by atoms with Crippen molar-refractivity contribution in [1.29, 1.82) is 0 Å². The van der Waals surface area contributed by atoms with Crippen molar-refractivity contribution in [2.75, 3.05) is 41.1 Å². The number of carbonyl (C=O) groups is 5. The predicted molar refractivity (Wildman–Crippen MR) is 256 cm³/mol. The van der Waals surface area contributed by atoms with Gasteiger partial charge < -0.3 is 48.6 Å². The number of ketones is 3. The zero-order chi connectivity index (χ0) is 50.3. The maximum atomic E-state index is 14.5. The number of rotatable bonds is 9. The molecule has 1 saturated carbocycles. The Hall–Kier alpha value is -3.41. The molecule has 15 nitrogen and oxygen atoms in total. The molecule has 15 heteroatoms. The molecule has 1 unspecified atom stereocenters. The molecule has 3 fully saturated rings. The number of hydrogen-bond acceptors (Lipinski definition) is 14. The van der Waals surface area contributed by atoms with E-state index >= 15 is 0 Å². The van der Waals surface area contributed by atoms with Gasteiger partial charge in [0.15, 0.2) is 5.78 Å². The van der Waals surface area contributed by atoms with Crippen LogP contribution in [0.3, 0.4) is 0 Å². The summed E-state index contributed by atoms with van der Waals surface area (Å²) >= 11 is 0. The molecule has 4 aliphatic rings. The number of methoxy groups -OCH3 is 3. The summed E-state index contributed by atoms with van der Waals surface area (Å²) in [5.41, 5.74) is 1.26. The Morgan fingerprint density at radius 1 is 0.853 bits per heavy atom. The van der Waals surface area contributed by atoms with Crippen molar-refractivity contribution in [3.63, 3.8) is 0 Å². The lowest BCUT2D eigenvalue weighted by Gasteiger charge is -2.42. The minimum Gasteiger partial charge on any atom is -0.460 e. The topological polar surface area (TPSA) is 205 Å². The van der Waals surface area contributed by atoms with Crippen LogP contribution in [-0.4, -0.2) is 145 Å². The summed E-state index contributed by atoms with van der Waals surface area (Å²) in [6, 6.07) is -1.14. The highest BCUT2D eigenvalue weighted by Gasteiger charge is 2.53. The van der Waals surface area contributed by atoms with E-state index in [1.807, 2.05) is 58.1 Å². The summed E-state index contributed by atoms with van der Waals surface area (Å²) in [7, 11) is 4.58. The molecule has 68 heavy (non-hydrogen) atoms. The van der Waals surface area contributed by atoms with Gasteiger partial charge in [0, 0.05) is 58.5 Å². The van der Waals surface area contributed by atoms with Gasteiger partial charge in [0.25, 0.3) is 11.7 Å². The molecule has 4 rings (SSSR count). The van der Waals surface area contributed by atoms with E-state index in [2.05, 4.69) is 0 Å². The van der Waals surface area contributed by atoms with E-state index < -0.39 is 77.8 Å². The smallest absolute Gasteiger partial charge is 0.329 e. The second kappa shape index (κ2) is 27.3. The van der Waals surface area contributed by atoms with E-state index in [-0.39, 0.29) is 74.1 Å². The molecule has 15 atom stereocenters. The molecule has 3 heterocycles. The van der Waals surface area contributed by atoms with E-state index in [4.69, 9.17) is 28.4 Å². The number of aliphatic hydroxyl groups excluding tert-OH is 2. The normalized spacial score (nSPS) is 39.2. The monoisotopic (exact) mass is 958 g/mol. The molecule has 1 amide bonds. The molecular formula is C53H83NO14. The Morgan fingerprint density at radius 3 is 2.26 bits per heavy atom. The molecule has 0 spiro atoms. The molecule has 0 aromatic rings. The molecule has 0 aromatic heterocycles. The van der Waals surface area contributed by atoms with Gasteiger partial charge in [-0.2, -0.15) is 0 Å². The van der Waals surface area contributed by atoms with E-state index in [0.29, 0.717) is 63.4 Å². The Labute approximate surface area is 405 Å². The van der Waals surface area contributed by atoms with Crippen LogP contribution in [0.1, 0.15) is 126 Å². The third kappa shape index (κ3) is 15.3. The van der Waals surface area contributed by atoms with Crippen LogP contribution in [0, 0.1) is 35.5 Å². The first-order valence-corrected chi connectivity index (χ1v) is 25.0. The van der Waals surface area contributed by atoms with E-state index in [1.54, 1.807) is 41.1 Å². The SMILES string of the molecule is CO[C@H]1C[C@@H]2CC[C@@H](C)[C@@](O)(O2)C(=O)C(=O)N2CCCC[C@H]2C(=O)OC([C@H](C)C[C@@H]2CC[C@@H](OCCO)[C@H](OC)C2)CC(=O)[C@H](C)/C=C(\C)[C@@H](O)[C@@H](OC)C(=O)[C@H](C)C[C@@H](C)\C=C/C=C/C=C/1C. The van der Waals surface area contributed by atoms with Crippen molar-refractivity contribution in [2.24, 2.45) is 35.5 Å². The van der Waals surface area contributed by atoms with Gasteiger partial charge in [-0.1, -0.05) is 71.1 Å². The third-order valence-electron chi connectivity index (χ3n) is 14.9. The van der Waals surface area contributed by atoms with Gasteiger partial charge in [0.05, 0.1) is 37.6 Å². The first-order valence-electron chi connectivity index (χ1n) is 25.0. The summed E-state index contributed by atoms with van der Waals surface area (Å²) in [4.78, 5) is 72.1. The quantitative estimate of drug-likeness (QED) is 0.134. The first kappa shape index (κ1) is 57.2. The number of hydrogen-bond donors (Lipinski definition) is 3. The highest BCUT2D eigenvalue weighted by Crippen LogP contribution is 2.38. The summed E-state index contributed by atoms with van der Waals surface area (Å²) < 4.78 is 35.6. The van der Waals surface area contributed by atoms with Crippen LogP contribution in [0.2, 0.25) is 0 Å². The maximum absolute atomic E-state index is 14.5. The summed E-state index contributed by atoms with van der Waals surface area (Å²) in [5, 5.41) is 32.8. The second-order valence-electron chi connectivity index (χ2n) is 20.2. The molecule has 3 aliphatic heterocycles. The van der Waals surface area contributed by atoms with E-state index in [0.717, 1.165) is 12.0 Å². The summed E-state index contributed by atoms with van der Waals surface area (Å²) in [6.07, 6.45) is 12.0. The number of Topliss-reactive ketones (excluding diaryl/α,β-unsaturated/α-hetero) is 3. The van der Waals surface area contributed by atoms with Crippen molar-refractivity contribution in [3.05, 3.63) is 47.6 Å². The Balaban J connectivity index is 1.70. The lowest BCUT2D eigenvalue weighted by Crippen LogP contribution is -2.61. The lowest BCUT2D eigenvalue weighted by atomic mass is 9.78. The van der Waals surface area contributed by atoms with Crippen LogP contribution in [0.5, 0.6) is 0 Å². The van der Waals surface area contributed by atoms with Crippen LogP contribution in [0.4, 0.5) is 0 Å². The molecule has 2 bridgehead atoms. The Bertz CT molecular complexity index is 1810. The van der Waals surface area contributed by atoms with Gasteiger partial charge in [0.2, 0.25) is 5.79 Å². The molecule has 2 saturated heterocycles. The number of carbonyl (C=O) groups excluding carboxylic acids is 5. The summed E-state index contributed by atoms with van der Waals surface area (Å²) in [5.74, 6) is -7.96. The highest BCUT2D eigenvalue weighted by molar-refractivity contribution is 6.39. The van der Waals surface area contributed by atoms with E-state index in [9.17, 15) is 39.3 Å². The van der Waals surface area contributed by atoms with Crippen LogP contribution < -0.4 is 0 Å². The largest absolute Gasteiger partial charge is 0.460 e. The average Bonchev–Trinajstić information content (AvgIpc) is 3.32. The van der Waals surface area contributed by atoms with Crippen LogP contribution in [0.15, 0.2) is 47.6 Å². The van der Waals surface area contributed by atoms with Crippen molar-refractivity contribution >= 4 is 29.2 Å². The van der Waals surface area contributed by atoms with Gasteiger partial charge in [0.1, 0.15) is 30.1 Å². The lowest BCUT2D eigenvalue weighted by molar-refractivity contribution is -0.265. The highest BCUT2D eigenvalue weighted by atomic mass is 16.6. The first-order chi connectivity index (χ1) is 32.3. The number of amides is 1. The average molecular weight is 958 g/mol. The predicted octanol–water partition coefficient (Wildman–Crippen LogP) is 6.20. The number of cyclic esters (lactones) is 1. The molecule has 0 aromatic carbocycles. The fourth-order valence-corrected chi connectivity index (χ4v) is 10.5. The fraction of sp³-hybridized carbons (Fsp3) is 0.755. The van der Waals surface area contributed by atoms with Gasteiger partial charge in [-0.15, -0.1) is 0 Å². The number of nitrogens with zero attached hydrogens (tertiary/aromatic N) is 1. The van der Waals surface area contributed by atoms with Crippen molar-refractivity contribution < 1.29 is 67.7 Å². The van der Waals surface area contributed by atoms with Gasteiger partial charge >= 0.3 is 5.97 Å². The number of piperidine rings is 1. The molecule has 0 radical (unpaired) electrons. The molecule has 1 aliphatic carbocycles. The maximum Gasteiger partial charge on any atom is 0.329 e. The van der Waals surface area contributed by atoms with Crippen LogP contribution in [0.25, 0.3) is 0 Å². The number of fused-ring (bicyclic) bond motifs is 3. The molecular weight excluding hydrogens is 875 g/mol. The van der Waals surface area contributed by atoms with Crippen molar-refractivity contribution in [2.45, 2.75) is 180 Å². The number of ether oxygens (including phenoxy) is 6. The zero-order valence-corrected chi connectivity index (χ0v) is 42.4. The number of esters is 1. The van der Waals surface area contributed by atoms with Crippen molar-refractivity contribution in [1.82, 2.24) is 4.90 Å². The van der Waals surface area contributed by atoms with Gasteiger partial charge in [-0.05, 0) is 107 Å². The minimum absolute atomic E-state index is 0.0158. The standard InChI is InChI=1S/C53H83NO14/c1-32-16-12-11-13-17-33(2)44(63-8)30-40-21-19-38(7)53(62,68-40)50(59)51(60)54-23-15-14-18-41(54)52(61)67-45(35(4)28-39-20-22-43(66-25-24-55)46(29-39)64-9)31-42(56)34(3)27-37(6)48(58)49(65-10)47(57)36(5)26-32/h11-13,16-17,27,32,34-36,38-41,43-46,48-49,55,58,62H,14-15,18-26,28-31H2,1-10H3/b13-11+,16-12-,33-17+,37-27+/t32-,34+,35+,36+,38+,39-,40-,41-,43+,44-,45?,46+,48+,49-,53+/m0/s1. The third-order valence-corrected chi connectivity index (χ3v) is 14.9. The number of aliphatic hydroxyl groups is 3.